The van der Waals surface area contributed by atoms with Crippen molar-refractivity contribution in [2.45, 2.75) is 51.0 Å². The van der Waals surface area contributed by atoms with E-state index in [0.717, 1.165) is 31.7 Å². The van der Waals surface area contributed by atoms with Crippen LogP contribution in [0.15, 0.2) is 0 Å². The summed E-state index contributed by atoms with van der Waals surface area (Å²) in [7, 11) is 0. The molecule has 104 valence electrons. The third-order valence-corrected chi connectivity index (χ3v) is 4.94. The monoisotopic (exact) mass is 254 g/mol. The van der Waals surface area contributed by atoms with Gasteiger partial charge in [-0.3, -0.25) is 4.79 Å². The Hall–Kier alpha value is -0.610. The van der Waals surface area contributed by atoms with Gasteiger partial charge in [0, 0.05) is 0 Å². The lowest BCUT2D eigenvalue weighted by molar-refractivity contribution is -0.144. The quantitative estimate of drug-likeness (QED) is 0.801. The van der Waals surface area contributed by atoms with Crippen molar-refractivity contribution in [2.75, 3.05) is 19.6 Å². The molecule has 4 nitrogen and oxygen atoms in total. The molecule has 1 aliphatic heterocycles. The average Bonchev–Trinajstić information content (AvgIpc) is 2.72. The van der Waals surface area contributed by atoms with Gasteiger partial charge >= 0.3 is 5.97 Å². The van der Waals surface area contributed by atoms with Crippen LogP contribution in [-0.4, -0.2) is 41.1 Å². The first kappa shape index (κ1) is 13.8. The molecule has 1 saturated heterocycles. The molecule has 2 rings (SSSR count). The Labute approximate surface area is 110 Å². The molecule has 1 heterocycles. The lowest BCUT2D eigenvalue weighted by Crippen LogP contribution is -2.51. The largest absolute Gasteiger partial charge is 0.480 e. The Morgan fingerprint density at radius 3 is 2.67 bits per heavy atom. The van der Waals surface area contributed by atoms with Gasteiger partial charge in [0.25, 0.3) is 0 Å². The minimum absolute atomic E-state index is 0.161. The van der Waals surface area contributed by atoms with E-state index in [1.54, 1.807) is 0 Å². The number of rotatable bonds is 4. The standard InChI is InChI=1S/C14H26N2O2/c1-11-4-8-16(9-5-11)10-6-12-3-2-7-14(12,15)13(17)18/h11-12H,2-10,15H2,1H3,(H,17,18). The van der Waals surface area contributed by atoms with Gasteiger partial charge in [0.2, 0.25) is 0 Å². The SMILES string of the molecule is CC1CCN(CCC2CCCC2(N)C(=O)O)CC1. The highest BCUT2D eigenvalue weighted by molar-refractivity contribution is 5.79. The minimum atomic E-state index is -0.955. The van der Waals surface area contributed by atoms with Gasteiger partial charge in [-0.15, -0.1) is 0 Å². The van der Waals surface area contributed by atoms with Crippen molar-refractivity contribution in [1.82, 2.24) is 4.90 Å². The number of piperidine rings is 1. The Kier molecular flexibility index (Phi) is 4.28. The van der Waals surface area contributed by atoms with E-state index in [2.05, 4.69) is 11.8 Å². The van der Waals surface area contributed by atoms with Gasteiger partial charge in [-0.2, -0.15) is 0 Å². The first-order valence-electron chi connectivity index (χ1n) is 7.27. The lowest BCUT2D eigenvalue weighted by atomic mass is 9.85. The molecule has 0 aromatic heterocycles. The first-order chi connectivity index (χ1) is 8.52. The number of nitrogens with zero attached hydrogens (tertiary/aromatic N) is 1. The number of aliphatic carboxylic acids is 1. The maximum atomic E-state index is 11.3. The fraction of sp³-hybridized carbons (Fsp3) is 0.929. The van der Waals surface area contributed by atoms with Crippen LogP contribution >= 0.6 is 0 Å². The smallest absolute Gasteiger partial charge is 0.323 e. The van der Waals surface area contributed by atoms with Crippen LogP contribution in [0.25, 0.3) is 0 Å². The summed E-state index contributed by atoms with van der Waals surface area (Å²) in [5.74, 6) is 0.201. The van der Waals surface area contributed by atoms with E-state index in [-0.39, 0.29) is 5.92 Å². The Morgan fingerprint density at radius 2 is 2.06 bits per heavy atom. The second kappa shape index (κ2) is 5.57. The fourth-order valence-electron chi connectivity index (χ4n) is 3.41. The summed E-state index contributed by atoms with van der Waals surface area (Å²) in [5, 5.41) is 9.28. The summed E-state index contributed by atoms with van der Waals surface area (Å²) in [4.78, 5) is 13.8. The van der Waals surface area contributed by atoms with Crippen LogP contribution in [0.3, 0.4) is 0 Å². The van der Waals surface area contributed by atoms with E-state index < -0.39 is 11.5 Å². The van der Waals surface area contributed by atoms with Crippen LogP contribution in [0.2, 0.25) is 0 Å². The molecule has 2 unspecified atom stereocenters. The normalized spacial score (nSPS) is 34.9. The maximum absolute atomic E-state index is 11.3. The van der Waals surface area contributed by atoms with Crippen LogP contribution in [0.1, 0.15) is 45.4 Å². The lowest BCUT2D eigenvalue weighted by Gasteiger charge is -2.33. The molecule has 18 heavy (non-hydrogen) atoms. The number of nitrogens with two attached hydrogens (primary N) is 1. The van der Waals surface area contributed by atoms with Crippen molar-refractivity contribution in [3.05, 3.63) is 0 Å². The zero-order valence-corrected chi connectivity index (χ0v) is 11.4. The van der Waals surface area contributed by atoms with Gasteiger partial charge in [-0.1, -0.05) is 13.3 Å². The Morgan fingerprint density at radius 1 is 1.39 bits per heavy atom. The highest BCUT2D eigenvalue weighted by atomic mass is 16.4. The van der Waals surface area contributed by atoms with Crippen LogP contribution in [0.5, 0.6) is 0 Å². The zero-order valence-electron chi connectivity index (χ0n) is 11.4. The van der Waals surface area contributed by atoms with Gasteiger partial charge in [0.1, 0.15) is 5.54 Å². The number of hydrogen-bond acceptors (Lipinski definition) is 3. The van der Waals surface area contributed by atoms with Crippen molar-refractivity contribution in [1.29, 1.82) is 0 Å². The van der Waals surface area contributed by atoms with Crippen molar-refractivity contribution in [3.63, 3.8) is 0 Å². The van der Waals surface area contributed by atoms with Crippen LogP contribution in [-0.2, 0) is 4.79 Å². The molecule has 3 N–H and O–H groups in total. The number of hydrogen-bond donors (Lipinski definition) is 2. The summed E-state index contributed by atoms with van der Waals surface area (Å²) in [6.07, 6.45) is 6.08. The number of carboxylic acid groups (broad SMARTS) is 1. The molecule has 4 heteroatoms. The predicted molar refractivity (Wildman–Crippen MR) is 71.4 cm³/mol. The molecule has 2 fully saturated rings. The average molecular weight is 254 g/mol. The van der Waals surface area contributed by atoms with E-state index in [4.69, 9.17) is 5.73 Å². The summed E-state index contributed by atoms with van der Waals surface area (Å²) >= 11 is 0. The summed E-state index contributed by atoms with van der Waals surface area (Å²) < 4.78 is 0. The Bertz CT molecular complexity index is 300. The van der Waals surface area contributed by atoms with E-state index in [1.807, 2.05) is 0 Å². The summed E-state index contributed by atoms with van der Waals surface area (Å²) in [6, 6.07) is 0. The van der Waals surface area contributed by atoms with Crippen LogP contribution < -0.4 is 5.73 Å². The molecule has 0 bridgehead atoms. The van der Waals surface area contributed by atoms with Gasteiger partial charge in [0.05, 0.1) is 0 Å². The van der Waals surface area contributed by atoms with E-state index >= 15 is 0 Å². The first-order valence-corrected chi connectivity index (χ1v) is 7.27. The van der Waals surface area contributed by atoms with Crippen LogP contribution in [0, 0.1) is 11.8 Å². The Balaban J connectivity index is 1.81. The molecular weight excluding hydrogens is 228 g/mol. The third-order valence-electron chi connectivity index (χ3n) is 4.94. The summed E-state index contributed by atoms with van der Waals surface area (Å²) in [5.41, 5.74) is 5.11. The van der Waals surface area contributed by atoms with Crippen molar-refractivity contribution < 1.29 is 9.90 Å². The number of carboxylic acids is 1. The van der Waals surface area contributed by atoms with E-state index in [1.165, 1.54) is 25.9 Å². The molecule has 0 aromatic carbocycles. The predicted octanol–water partition coefficient (Wildman–Crippen LogP) is 1.69. The molecule has 1 saturated carbocycles. The fourth-order valence-corrected chi connectivity index (χ4v) is 3.41. The molecule has 0 radical (unpaired) electrons. The molecule has 0 spiro atoms. The van der Waals surface area contributed by atoms with Crippen molar-refractivity contribution in [3.8, 4) is 0 Å². The zero-order chi connectivity index (χ0) is 13.2. The van der Waals surface area contributed by atoms with Crippen molar-refractivity contribution in [2.24, 2.45) is 17.6 Å². The molecule has 0 aromatic rings. The molecule has 1 aliphatic carbocycles. The van der Waals surface area contributed by atoms with Gasteiger partial charge in [0.15, 0.2) is 0 Å². The van der Waals surface area contributed by atoms with E-state index in [0.29, 0.717) is 6.42 Å². The maximum Gasteiger partial charge on any atom is 0.323 e. The minimum Gasteiger partial charge on any atom is -0.480 e. The van der Waals surface area contributed by atoms with E-state index in [9.17, 15) is 9.90 Å². The van der Waals surface area contributed by atoms with Gasteiger partial charge in [-0.05, 0) is 63.6 Å². The molecular formula is C14H26N2O2. The number of carbonyl (C=O) groups is 1. The van der Waals surface area contributed by atoms with Crippen LogP contribution in [0.4, 0.5) is 0 Å². The molecule has 2 atom stereocenters. The summed E-state index contributed by atoms with van der Waals surface area (Å²) in [6.45, 7) is 5.66. The van der Waals surface area contributed by atoms with Gasteiger partial charge < -0.3 is 15.7 Å². The third kappa shape index (κ3) is 2.86. The topological polar surface area (TPSA) is 66.6 Å². The number of likely N-dealkylation sites (tertiary alicyclic amines) is 1. The van der Waals surface area contributed by atoms with Gasteiger partial charge in [-0.25, -0.2) is 0 Å². The highest BCUT2D eigenvalue weighted by Gasteiger charge is 2.45. The highest BCUT2D eigenvalue weighted by Crippen LogP contribution is 2.36. The van der Waals surface area contributed by atoms with Crippen molar-refractivity contribution >= 4 is 5.97 Å². The second-order valence-electron chi connectivity index (χ2n) is 6.25. The second-order valence-corrected chi connectivity index (χ2v) is 6.25. The molecule has 2 aliphatic rings. The molecule has 0 amide bonds.